The summed E-state index contributed by atoms with van der Waals surface area (Å²) < 4.78 is 33.7. The minimum Gasteiger partial charge on any atom is -0.394 e. The number of carbonyl (C=O) groups is 1. The second-order valence-corrected chi connectivity index (χ2v) is 7.62. The highest BCUT2D eigenvalue weighted by molar-refractivity contribution is 6.06. The third-order valence-corrected chi connectivity index (χ3v) is 5.12. The van der Waals surface area contributed by atoms with Crippen molar-refractivity contribution in [1.82, 2.24) is 15.5 Å². The van der Waals surface area contributed by atoms with Gasteiger partial charge in [-0.2, -0.15) is 0 Å². The number of hydrogen-bond donors (Lipinski definition) is 2. The summed E-state index contributed by atoms with van der Waals surface area (Å²) in [4.78, 5) is 17.6. The van der Waals surface area contributed by atoms with Crippen LogP contribution in [0.2, 0.25) is 0 Å². The topological polar surface area (TPSA) is 88.2 Å². The molecule has 1 fully saturated rings. The first-order valence-electron chi connectivity index (χ1n) is 9.56. The van der Waals surface area contributed by atoms with Gasteiger partial charge in [-0.3, -0.25) is 4.79 Å². The van der Waals surface area contributed by atoms with Crippen molar-refractivity contribution in [2.45, 2.75) is 44.6 Å². The first-order valence-corrected chi connectivity index (χ1v) is 9.56. The minimum atomic E-state index is -1.24. The van der Waals surface area contributed by atoms with Gasteiger partial charge in [-0.1, -0.05) is 25.1 Å². The van der Waals surface area contributed by atoms with Crippen LogP contribution in [0.25, 0.3) is 11.1 Å². The average molecular weight is 401 g/mol. The lowest BCUT2D eigenvalue weighted by Gasteiger charge is -2.18. The van der Waals surface area contributed by atoms with Crippen LogP contribution in [0.1, 0.15) is 71.9 Å². The molecule has 0 bridgehead atoms. The Balaban J connectivity index is 1.76. The maximum Gasteiger partial charge on any atom is 0.259 e. The van der Waals surface area contributed by atoms with E-state index in [1.165, 1.54) is 6.07 Å². The maximum atomic E-state index is 14.2. The predicted molar refractivity (Wildman–Crippen MR) is 102 cm³/mol. The Morgan fingerprint density at radius 1 is 1.31 bits per heavy atom. The predicted octanol–water partition coefficient (Wildman–Crippen LogP) is 3.97. The average Bonchev–Trinajstić information content (AvgIpc) is 3.44. The highest BCUT2D eigenvalue weighted by Gasteiger charge is 2.30. The van der Waals surface area contributed by atoms with Crippen LogP contribution in [0, 0.1) is 11.6 Å². The molecule has 2 heterocycles. The first-order chi connectivity index (χ1) is 13.9. The van der Waals surface area contributed by atoms with E-state index in [1.54, 1.807) is 6.07 Å². The van der Waals surface area contributed by atoms with Crippen LogP contribution in [0.15, 0.2) is 28.8 Å². The van der Waals surface area contributed by atoms with Crippen molar-refractivity contribution in [3.8, 4) is 0 Å². The highest BCUT2D eigenvalue weighted by Crippen LogP contribution is 2.41. The van der Waals surface area contributed by atoms with Crippen LogP contribution < -0.4 is 5.32 Å². The number of halogens is 2. The molecule has 2 aromatic heterocycles. The van der Waals surface area contributed by atoms with Crippen molar-refractivity contribution in [1.29, 1.82) is 0 Å². The summed E-state index contributed by atoms with van der Waals surface area (Å²) in [6, 6.07) is 3.84. The van der Waals surface area contributed by atoms with Crippen LogP contribution in [0.4, 0.5) is 8.78 Å². The van der Waals surface area contributed by atoms with Crippen molar-refractivity contribution < 1.29 is 23.2 Å². The number of benzene rings is 1. The monoisotopic (exact) mass is 401 g/mol. The molecule has 1 unspecified atom stereocenters. The van der Waals surface area contributed by atoms with Crippen molar-refractivity contribution >= 4 is 17.0 Å². The molecule has 6 nitrogen and oxygen atoms in total. The molecular formula is C21H21F2N3O3. The van der Waals surface area contributed by atoms with Crippen LogP contribution >= 0.6 is 0 Å². The Morgan fingerprint density at radius 3 is 2.59 bits per heavy atom. The number of aliphatic hydroxyl groups excluding tert-OH is 1. The second-order valence-electron chi connectivity index (χ2n) is 7.62. The zero-order valence-electron chi connectivity index (χ0n) is 16.1. The molecule has 0 radical (unpaired) electrons. The van der Waals surface area contributed by atoms with Crippen LogP contribution in [0.3, 0.4) is 0 Å². The van der Waals surface area contributed by atoms with Crippen LogP contribution in [-0.2, 0) is 0 Å². The molecule has 0 saturated heterocycles. The lowest BCUT2D eigenvalue weighted by atomic mass is 10.0. The van der Waals surface area contributed by atoms with E-state index in [4.69, 9.17) is 4.52 Å². The first kappa shape index (κ1) is 19.4. The molecule has 152 valence electrons. The fraction of sp³-hybridized carbons (Fsp3) is 0.381. The molecule has 8 heteroatoms. The van der Waals surface area contributed by atoms with E-state index in [-0.39, 0.29) is 28.7 Å². The van der Waals surface area contributed by atoms with Gasteiger partial charge in [0.2, 0.25) is 0 Å². The molecule has 2 N–H and O–H groups in total. The molecule has 0 spiro atoms. The van der Waals surface area contributed by atoms with Crippen molar-refractivity contribution in [2.75, 3.05) is 6.61 Å². The molecular weight excluding hydrogens is 380 g/mol. The number of hydrogen-bond acceptors (Lipinski definition) is 5. The fourth-order valence-electron chi connectivity index (χ4n) is 3.44. The molecule has 3 aromatic rings. The number of nitrogens with one attached hydrogen (secondary N) is 1. The number of fused-ring (bicyclic) bond motifs is 1. The zero-order chi connectivity index (χ0) is 20.7. The zero-order valence-corrected chi connectivity index (χ0v) is 16.1. The summed E-state index contributed by atoms with van der Waals surface area (Å²) in [5, 5.41) is 16.8. The van der Waals surface area contributed by atoms with E-state index < -0.39 is 30.2 Å². The Labute approximate surface area is 165 Å². The largest absolute Gasteiger partial charge is 0.394 e. The quantitative estimate of drug-likeness (QED) is 0.653. The molecule has 1 aliphatic carbocycles. The number of amides is 1. The van der Waals surface area contributed by atoms with E-state index in [9.17, 15) is 18.7 Å². The smallest absolute Gasteiger partial charge is 0.259 e. The molecule has 1 aliphatic rings. The molecule has 1 atom stereocenters. The van der Waals surface area contributed by atoms with Gasteiger partial charge in [0.1, 0.15) is 11.6 Å². The number of aliphatic hydroxyl groups is 1. The Morgan fingerprint density at radius 2 is 2.00 bits per heavy atom. The number of nitrogens with zero attached hydrogens (tertiary/aromatic N) is 2. The van der Waals surface area contributed by atoms with Crippen molar-refractivity contribution in [3.05, 3.63) is 58.4 Å². The SMILES string of the molecule is CC(C)c1noc2nc(C3CC3)cc(C(=O)NC(CO)c3c(F)cccc3F)c12. The second kappa shape index (κ2) is 7.51. The highest BCUT2D eigenvalue weighted by atomic mass is 19.1. The van der Waals surface area contributed by atoms with E-state index >= 15 is 0 Å². The Hall–Kier alpha value is -2.87. The van der Waals surface area contributed by atoms with Crippen LogP contribution in [-0.4, -0.2) is 27.8 Å². The molecule has 1 saturated carbocycles. The van der Waals surface area contributed by atoms with Gasteiger partial charge in [-0.25, -0.2) is 13.8 Å². The summed E-state index contributed by atoms with van der Waals surface area (Å²) in [6.45, 7) is 3.17. The van der Waals surface area contributed by atoms with Gasteiger partial charge in [-0.05, 0) is 37.0 Å². The van der Waals surface area contributed by atoms with E-state index in [0.717, 1.165) is 30.7 Å². The summed E-state index contributed by atoms with van der Waals surface area (Å²) in [7, 11) is 0. The van der Waals surface area contributed by atoms with Gasteiger partial charge in [-0.15, -0.1) is 0 Å². The van der Waals surface area contributed by atoms with Gasteiger partial charge < -0.3 is 14.9 Å². The Kier molecular flexibility index (Phi) is 5.04. The number of aromatic nitrogens is 2. The third kappa shape index (κ3) is 3.60. The lowest BCUT2D eigenvalue weighted by molar-refractivity contribution is 0.0915. The summed E-state index contributed by atoms with van der Waals surface area (Å²) >= 11 is 0. The number of pyridine rings is 1. The summed E-state index contributed by atoms with van der Waals surface area (Å²) in [6.07, 6.45) is 1.95. The summed E-state index contributed by atoms with van der Waals surface area (Å²) in [5.41, 5.74) is 1.47. The van der Waals surface area contributed by atoms with Crippen molar-refractivity contribution in [2.24, 2.45) is 0 Å². The number of rotatable bonds is 6. The molecule has 0 aliphatic heterocycles. The van der Waals surface area contributed by atoms with Gasteiger partial charge in [0.25, 0.3) is 11.6 Å². The third-order valence-electron chi connectivity index (χ3n) is 5.12. The molecule has 1 amide bonds. The molecule has 29 heavy (non-hydrogen) atoms. The summed E-state index contributed by atoms with van der Waals surface area (Å²) in [5.74, 6) is -2.01. The van der Waals surface area contributed by atoms with E-state index in [0.29, 0.717) is 11.1 Å². The maximum absolute atomic E-state index is 14.2. The number of carbonyl (C=O) groups excluding carboxylic acids is 1. The minimum absolute atomic E-state index is 0.0194. The normalized spacial score (nSPS) is 15.1. The standard InChI is InChI=1S/C21H21F2N3O3/c1-10(2)19-17-12(8-15(11-6-7-11)25-21(17)29-26-19)20(28)24-16(9-27)18-13(22)4-3-5-14(18)23/h3-5,8,10-11,16,27H,6-7,9H2,1-2H3,(H,24,28). The van der Waals surface area contributed by atoms with Gasteiger partial charge in [0.05, 0.1) is 29.3 Å². The van der Waals surface area contributed by atoms with Gasteiger partial charge in [0.15, 0.2) is 0 Å². The van der Waals surface area contributed by atoms with E-state index in [1.807, 2.05) is 13.8 Å². The van der Waals surface area contributed by atoms with Gasteiger partial charge >= 0.3 is 0 Å². The van der Waals surface area contributed by atoms with Crippen LogP contribution in [0.5, 0.6) is 0 Å². The molecule has 4 rings (SSSR count). The Bertz CT molecular complexity index is 1060. The van der Waals surface area contributed by atoms with Gasteiger partial charge in [0, 0.05) is 17.2 Å². The fourth-order valence-corrected chi connectivity index (χ4v) is 3.44. The lowest BCUT2D eigenvalue weighted by Crippen LogP contribution is -2.32. The molecule has 1 aromatic carbocycles. The van der Waals surface area contributed by atoms with Crippen molar-refractivity contribution in [3.63, 3.8) is 0 Å². The van der Waals surface area contributed by atoms with E-state index in [2.05, 4.69) is 15.5 Å².